The second-order valence-electron chi connectivity index (χ2n) is 6.80. The summed E-state index contributed by atoms with van der Waals surface area (Å²) in [6.45, 7) is 2.72. The summed E-state index contributed by atoms with van der Waals surface area (Å²) in [5, 5.41) is 6.73. The van der Waals surface area contributed by atoms with Crippen LogP contribution in [0.25, 0.3) is 0 Å². The number of benzene rings is 1. The molecule has 0 aliphatic carbocycles. The maximum Gasteiger partial charge on any atom is 0.237 e. The fourth-order valence-electron chi connectivity index (χ4n) is 3.24. The van der Waals surface area contributed by atoms with E-state index in [0.29, 0.717) is 13.1 Å². The third kappa shape index (κ3) is 5.84. The minimum atomic E-state index is -0.403. The molecule has 1 fully saturated rings. The van der Waals surface area contributed by atoms with Crippen LogP contribution in [0.2, 0.25) is 0 Å². The van der Waals surface area contributed by atoms with Crippen LogP contribution in [-0.2, 0) is 23.1 Å². The summed E-state index contributed by atoms with van der Waals surface area (Å²) < 4.78 is 1.95. The van der Waals surface area contributed by atoms with E-state index in [-0.39, 0.29) is 18.2 Å². The first kappa shape index (κ1) is 20.4. The molecule has 0 saturated carbocycles. The number of rotatable bonds is 9. The zero-order valence-corrected chi connectivity index (χ0v) is 17.0. The summed E-state index contributed by atoms with van der Waals surface area (Å²) in [4.78, 5) is 31.0. The van der Waals surface area contributed by atoms with E-state index in [4.69, 9.17) is 0 Å². The zero-order chi connectivity index (χ0) is 19.8. The van der Waals surface area contributed by atoms with Crippen LogP contribution in [-0.4, -0.2) is 64.2 Å². The van der Waals surface area contributed by atoms with E-state index in [2.05, 4.69) is 32.7 Å². The van der Waals surface area contributed by atoms with Gasteiger partial charge in [-0.1, -0.05) is 42.1 Å². The van der Waals surface area contributed by atoms with Crippen LogP contribution in [0.15, 0.2) is 47.9 Å². The number of thioether (sulfide) groups is 1. The van der Waals surface area contributed by atoms with Gasteiger partial charge in [0.05, 0.1) is 12.5 Å². The van der Waals surface area contributed by atoms with Gasteiger partial charge >= 0.3 is 0 Å². The Morgan fingerprint density at radius 3 is 2.93 bits per heavy atom. The highest BCUT2D eigenvalue weighted by Crippen LogP contribution is 2.14. The molecule has 2 aromatic rings. The Morgan fingerprint density at radius 1 is 1.36 bits per heavy atom. The standard InChI is InChI=1S/C20H27N5O2S/c1-24-12-8-23-20(24)28-14-10-21-18(26)15-17-19(27)22-9-13-25(17)11-7-16-5-3-2-4-6-16/h2-6,8,12,17H,7,9-11,13-15H2,1H3,(H,21,26)(H,22,27)/t17-/m0/s1. The number of nitrogens with one attached hydrogen (secondary N) is 2. The highest BCUT2D eigenvalue weighted by Gasteiger charge is 2.31. The molecule has 3 rings (SSSR count). The molecule has 1 saturated heterocycles. The van der Waals surface area contributed by atoms with Crippen LogP contribution < -0.4 is 10.6 Å². The van der Waals surface area contributed by atoms with Crippen LogP contribution in [0.3, 0.4) is 0 Å². The average Bonchev–Trinajstić information content (AvgIpc) is 3.11. The number of hydrogen-bond acceptors (Lipinski definition) is 5. The molecule has 7 nitrogen and oxygen atoms in total. The molecule has 1 aliphatic rings. The minimum Gasteiger partial charge on any atom is -0.355 e. The molecule has 8 heteroatoms. The van der Waals surface area contributed by atoms with Gasteiger partial charge in [-0.2, -0.15) is 0 Å². The number of nitrogens with zero attached hydrogens (tertiary/aromatic N) is 3. The fraction of sp³-hybridized carbons (Fsp3) is 0.450. The van der Waals surface area contributed by atoms with E-state index in [1.54, 1.807) is 18.0 Å². The zero-order valence-electron chi connectivity index (χ0n) is 16.1. The largest absolute Gasteiger partial charge is 0.355 e. The monoisotopic (exact) mass is 401 g/mol. The number of amides is 2. The van der Waals surface area contributed by atoms with Crippen LogP contribution >= 0.6 is 11.8 Å². The summed E-state index contributed by atoms with van der Waals surface area (Å²) in [7, 11) is 1.94. The normalized spacial score (nSPS) is 17.3. The van der Waals surface area contributed by atoms with E-state index in [0.717, 1.165) is 30.4 Å². The van der Waals surface area contributed by atoms with Crippen molar-refractivity contribution >= 4 is 23.6 Å². The second kappa shape index (κ2) is 10.3. The number of piperazine rings is 1. The molecule has 1 aromatic heterocycles. The molecule has 0 spiro atoms. The first-order valence-electron chi connectivity index (χ1n) is 9.56. The highest BCUT2D eigenvalue weighted by atomic mass is 32.2. The summed E-state index contributed by atoms with van der Waals surface area (Å²) in [5.41, 5.74) is 1.24. The Morgan fingerprint density at radius 2 is 2.18 bits per heavy atom. The maximum atomic E-state index is 12.4. The van der Waals surface area contributed by atoms with Gasteiger partial charge in [0.1, 0.15) is 0 Å². The summed E-state index contributed by atoms with van der Waals surface area (Å²) in [6, 6.07) is 9.81. The van der Waals surface area contributed by atoms with Crippen LogP contribution in [0, 0.1) is 0 Å². The number of carbonyl (C=O) groups is 2. The summed E-state index contributed by atoms with van der Waals surface area (Å²) >= 11 is 1.60. The lowest BCUT2D eigenvalue weighted by Crippen LogP contribution is -2.57. The van der Waals surface area contributed by atoms with Crippen LogP contribution in [0.4, 0.5) is 0 Å². The van der Waals surface area contributed by atoms with Crippen molar-refractivity contribution in [2.24, 2.45) is 7.05 Å². The van der Waals surface area contributed by atoms with E-state index in [1.807, 2.05) is 36.0 Å². The predicted molar refractivity (Wildman–Crippen MR) is 110 cm³/mol. The lowest BCUT2D eigenvalue weighted by atomic mass is 10.1. The highest BCUT2D eigenvalue weighted by molar-refractivity contribution is 7.99. The maximum absolute atomic E-state index is 12.4. The van der Waals surface area contributed by atoms with Crippen molar-refractivity contribution in [2.45, 2.75) is 24.0 Å². The van der Waals surface area contributed by atoms with E-state index in [1.165, 1.54) is 5.56 Å². The predicted octanol–water partition coefficient (Wildman–Crippen LogP) is 1.06. The van der Waals surface area contributed by atoms with Crippen LogP contribution in [0.1, 0.15) is 12.0 Å². The van der Waals surface area contributed by atoms with Gasteiger partial charge in [0, 0.05) is 51.4 Å². The molecule has 1 aromatic carbocycles. The second-order valence-corrected chi connectivity index (χ2v) is 7.86. The molecule has 0 unspecified atom stereocenters. The summed E-state index contributed by atoms with van der Waals surface area (Å²) in [5.74, 6) is 0.592. The lowest BCUT2D eigenvalue weighted by Gasteiger charge is -2.34. The Labute approximate surface area is 169 Å². The Balaban J connectivity index is 1.44. The van der Waals surface area contributed by atoms with E-state index < -0.39 is 6.04 Å². The van der Waals surface area contributed by atoms with E-state index >= 15 is 0 Å². The Bertz CT molecular complexity index is 780. The molecule has 2 amide bonds. The van der Waals surface area contributed by atoms with Crippen molar-refractivity contribution in [2.75, 3.05) is 31.9 Å². The van der Waals surface area contributed by atoms with Gasteiger partial charge in [-0.25, -0.2) is 4.98 Å². The summed E-state index contributed by atoms with van der Waals surface area (Å²) in [6.07, 6.45) is 4.71. The minimum absolute atomic E-state index is 0.0585. The molecular formula is C20H27N5O2S. The van der Waals surface area contributed by atoms with Gasteiger partial charge in [0.2, 0.25) is 11.8 Å². The van der Waals surface area contributed by atoms with Gasteiger partial charge < -0.3 is 15.2 Å². The SMILES string of the molecule is Cn1ccnc1SCCNC(=O)C[C@H]1C(=O)NCCN1CCc1ccccc1. The molecule has 0 radical (unpaired) electrons. The third-order valence-electron chi connectivity index (χ3n) is 4.78. The van der Waals surface area contributed by atoms with Crippen molar-refractivity contribution in [3.63, 3.8) is 0 Å². The van der Waals surface area contributed by atoms with E-state index in [9.17, 15) is 9.59 Å². The number of imidazole rings is 1. The number of carbonyl (C=O) groups excluding carboxylic acids is 2. The third-order valence-corrected chi connectivity index (χ3v) is 5.84. The molecule has 2 heterocycles. The molecule has 2 N–H and O–H groups in total. The topological polar surface area (TPSA) is 79.3 Å². The van der Waals surface area contributed by atoms with Gasteiger partial charge in [-0.15, -0.1) is 0 Å². The molecule has 150 valence electrons. The van der Waals surface area contributed by atoms with Gasteiger partial charge in [0.15, 0.2) is 5.16 Å². The number of aromatic nitrogens is 2. The van der Waals surface area contributed by atoms with Gasteiger partial charge in [-0.05, 0) is 12.0 Å². The van der Waals surface area contributed by atoms with Crippen molar-refractivity contribution in [3.05, 3.63) is 48.3 Å². The van der Waals surface area contributed by atoms with Crippen molar-refractivity contribution in [1.82, 2.24) is 25.1 Å². The number of hydrogen-bond donors (Lipinski definition) is 2. The molecule has 1 atom stereocenters. The first-order valence-corrected chi connectivity index (χ1v) is 10.5. The van der Waals surface area contributed by atoms with Crippen LogP contribution in [0.5, 0.6) is 0 Å². The molecule has 1 aliphatic heterocycles. The molecular weight excluding hydrogens is 374 g/mol. The fourth-order valence-corrected chi connectivity index (χ4v) is 4.03. The van der Waals surface area contributed by atoms with Crippen molar-refractivity contribution in [1.29, 1.82) is 0 Å². The first-order chi connectivity index (χ1) is 13.6. The molecule has 0 bridgehead atoms. The smallest absolute Gasteiger partial charge is 0.237 e. The average molecular weight is 402 g/mol. The lowest BCUT2D eigenvalue weighted by molar-refractivity contribution is -0.133. The number of aryl methyl sites for hydroxylation is 1. The van der Waals surface area contributed by atoms with Gasteiger partial charge in [0.25, 0.3) is 0 Å². The quantitative estimate of drug-likeness (QED) is 0.485. The Kier molecular flexibility index (Phi) is 7.50. The van der Waals surface area contributed by atoms with Crippen molar-refractivity contribution < 1.29 is 9.59 Å². The molecule has 28 heavy (non-hydrogen) atoms. The Hall–Kier alpha value is -2.32. The van der Waals surface area contributed by atoms with Crippen molar-refractivity contribution in [3.8, 4) is 0 Å². The van der Waals surface area contributed by atoms with Gasteiger partial charge in [-0.3, -0.25) is 14.5 Å².